The van der Waals surface area contributed by atoms with Gasteiger partial charge in [0.15, 0.2) is 0 Å². The molecule has 0 radical (unpaired) electrons. The fraction of sp³-hybridized carbons (Fsp3) is 0.143. The quantitative estimate of drug-likeness (QED) is 0.851. The van der Waals surface area contributed by atoms with Crippen molar-refractivity contribution in [1.29, 1.82) is 0 Å². The van der Waals surface area contributed by atoms with Gasteiger partial charge in [-0.2, -0.15) is 0 Å². The van der Waals surface area contributed by atoms with Crippen LogP contribution in [0.5, 0.6) is 5.75 Å². The molecule has 7 heteroatoms. The Balaban J connectivity index is 2.09. The fourth-order valence-electron chi connectivity index (χ4n) is 2.15. The van der Waals surface area contributed by atoms with Crippen LogP contribution in [0.15, 0.2) is 47.4 Å². The molecular formula is C14H11ClFNO3S. The number of ether oxygens (including phenoxy) is 1. The topological polar surface area (TPSA) is 46.6 Å². The summed E-state index contributed by atoms with van der Waals surface area (Å²) in [5, 5.41) is 0.447. The lowest BCUT2D eigenvalue weighted by Crippen LogP contribution is -2.38. The summed E-state index contributed by atoms with van der Waals surface area (Å²) in [5.74, 6) is -0.171. The molecule has 1 aliphatic rings. The second-order valence-electron chi connectivity index (χ2n) is 4.49. The van der Waals surface area contributed by atoms with Crippen LogP contribution in [0.4, 0.5) is 10.1 Å². The number of fused-ring (bicyclic) bond motifs is 1. The van der Waals surface area contributed by atoms with Gasteiger partial charge in [0, 0.05) is 11.1 Å². The van der Waals surface area contributed by atoms with Gasteiger partial charge in [-0.05, 0) is 36.4 Å². The number of rotatable bonds is 2. The van der Waals surface area contributed by atoms with Crippen LogP contribution in [0.3, 0.4) is 0 Å². The third-order valence-corrected chi connectivity index (χ3v) is 5.22. The average Bonchev–Trinajstić information content (AvgIpc) is 2.47. The highest BCUT2D eigenvalue weighted by Gasteiger charge is 2.30. The summed E-state index contributed by atoms with van der Waals surface area (Å²) in [7, 11) is -3.78. The van der Waals surface area contributed by atoms with E-state index in [1.54, 1.807) is 0 Å². The Morgan fingerprint density at radius 2 is 1.86 bits per heavy atom. The first-order valence-corrected chi connectivity index (χ1v) is 8.01. The summed E-state index contributed by atoms with van der Waals surface area (Å²) in [6, 6.07) is 9.66. The first-order valence-electron chi connectivity index (χ1n) is 6.19. The van der Waals surface area contributed by atoms with Gasteiger partial charge in [0.05, 0.1) is 17.1 Å². The van der Waals surface area contributed by atoms with Gasteiger partial charge in [0.25, 0.3) is 10.0 Å². The molecule has 0 saturated heterocycles. The van der Waals surface area contributed by atoms with E-state index in [9.17, 15) is 12.8 Å². The Hall–Kier alpha value is -1.79. The van der Waals surface area contributed by atoms with E-state index < -0.39 is 15.8 Å². The standard InChI is InChI=1S/C14H11ClFNO3S/c15-10-1-4-12(5-2-10)21(18,19)17-7-8-20-14-6-3-11(16)9-13(14)17/h1-6,9H,7-8H2. The number of sulfonamides is 1. The zero-order valence-corrected chi connectivity index (χ0v) is 12.4. The molecule has 2 aromatic rings. The smallest absolute Gasteiger partial charge is 0.264 e. The van der Waals surface area contributed by atoms with E-state index in [2.05, 4.69) is 0 Å². The first-order chi connectivity index (χ1) is 9.98. The highest BCUT2D eigenvalue weighted by molar-refractivity contribution is 7.92. The maximum atomic E-state index is 13.4. The molecule has 1 aliphatic heterocycles. The van der Waals surface area contributed by atoms with E-state index in [4.69, 9.17) is 16.3 Å². The average molecular weight is 328 g/mol. The van der Waals surface area contributed by atoms with Crippen molar-refractivity contribution in [3.63, 3.8) is 0 Å². The molecule has 0 aliphatic carbocycles. The van der Waals surface area contributed by atoms with Crippen molar-refractivity contribution in [2.24, 2.45) is 0 Å². The van der Waals surface area contributed by atoms with Crippen LogP contribution < -0.4 is 9.04 Å². The van der Waals surface area contributed by atoms with Gasteiger partial charge in [0.2, 0.25) is 0 Å². The summed E-state index contributed by atoms with van der Waals surface area (Å²) in [6.45, 7) is 0.340. The van der Waals surface area contributed by atoms with Gasteiger partial charge < -0.3 is 4.74 Å². The molecule has 4 nitrogen and oxygen atoms in total. The molecule has 0 unspecified atom stereocenters. The summed E-state index contributed by atoms with van der Waals surface area (Å²) in [4.78, 5) is 0.101. The highest BCUT2D eigenvalue weighted by atomic mass is 35.5. The molecule has 0 amide bonds. The summed E-state index contributed by atoms with van der Waals surface area (Å²) in [6.07, 6.45) is 0. The molecule has 110 valence electrons. The van der Waals surface area contributed by atoms with Crippen molar-refractivity contribution in [1.82, 2.24) is 0 Å². The van der Waals surface area contributed by atoms with E-state index in [-0.39, 0.29) is 23.7 Å². The summed E-state index contributed by atoms with van der Waals surface area (Å²) in [5.41, 5.74) is 0.205. The van der Waals surface area contributed by atoms with E-state index in [1.165, 1.54) is 36.4 Å². The van der Waals surface area contributed by atoms with Crippen molar-refractivity contribution >= 4 is 27.3 Å². The normalized spacial score (nSPS) is 14.5. The van der Waals surface area contributed by atoms with Gasteiger partial charge >= 0.3 is 0 Å². The van der Waals surface area contributed by atoms with E-state index in [0.29, 0.717) is 10.8 Å². The minimum absolute atomic E-state index is 0.101. The van der Waals surface area contributed by atoms with Crippen LogP contribution in [0.25, 0.3) is 0 Å². The second-order valence-corrected chi connectivity index (χ2v) is 6.79. The fourth-order valence-corrected chi connectivity index (χ4v) is 3.73. The molecule has 0 N–H and O–H groups in total. The van der Waals surface area contributed by atoms with Crippen molar-refractivity contribution in [2.45, 2.75) is 4.90 Å². The number of nitrogens with zero attached hydrogens (tertiary/aromatic N) is 1. The molecule has 0 atom stereocenters. The van der Waals surface area contributed by atoms with Crippen molar-refractivity contribution in [3.8, 4) is 5.75 Å². The van der Waals surface area contributed by atoms with Crippen molar-refractivity contribution in [2.75, 3.05) is 17.5 Å². The Morgan fingerprint density at radius 3 is 2.57 bits per heavy atom. The lowest BCUT2D eigenvalue weighted by molar-refractivity contribution is 0.315. The van der Waals surface area contributed by atoms with E-state index in [1.807, 2.05) is 0 Å². The van der Waals surface area contributed by atoms with Gasteiger partial charge in [-0.15, -0.1) is 0 Å². The van der Waals surface area contributed by atoms with Gasteiger partial charge in [0.1, 0.15) is 18.2 Å². The minimum atomic E-state index is -3.78. The minimum Gasteiger partial charge on any atom is -0.489 e. The SMILES string of the molecule is O=S(=O)(c1ccc(Cl)cc1)N1CCOc2ccc(F)cc21. The van der Waals surface area contributed by atoms with Crippen LogP contribution in [0.1, 0.15) is 0 Å². The molecule has 1 heterocycles. The number of hydrogen-bond donors (Lipinski definition) is 0. The molecule has 0 fully saturated rings. The van der Waals surface area contributed by atoms with Gasteiger partial charge in [-0.3, -0.25) is 4.31 Å². The predicted octanol–water partition coefficient (Wildman–Crippen LogP) is 3.07. The third-order valence-electron chi connectivity index (χ3n) is 3.14. The monoisotopic (exact) mass is 327 g/mol. The predicted molar refractivity (Wildman–Crippen MR) is 77.9 cm³/mol. The molecule has 0 saturated carbocycles. The highest BCUT2D eigenvalue weighted by Crippen LogP contribution is 2.35. The molecular weight excluding hydrogens is 317 g/mol. The summed E-state index contributed by atoms with van der Waals surface area (Å²) >= 11 is 5.77. The van der Waals surface area contributed by atoms with Crippen LogP contribution >= 0.6 is 11.6 Å². The molecule has 21 heavy (non-hydrogen) atoms. The molecule has 0 spiro atoms. The number of anilines is 1. The Kier molecular flexibility index (Phi) is 3.51. The lowest BCUT2D eigenvalue weighted by atomic mass is 10.2. The third kappa shape index (κ3) is 2.56. The maximum absolute atomic E-state index is 13.4. The Bertz CT molecular complexity index is 777. The van der Waals surface area contributed by atoms with Crippen LogP contribution in [0, 0.1) is 5.82 Å². The molecule has 2 aromatic carbocycles. The van der Waals surface area contributed by atoms with Gasteiger partial charge in [-0.1, -0.05) is 11.6 Å². The molecule has 3 rings (SSSR count). The zero-order valence-electron chi connectivity index (χ0n) is 10.8. The number of hydrogen-bond acceptors (Lipinski definition) is 3. The number of benzene rings is 2. The second kappa shape index (κ2) is 5.20. The lowest BCUT2D eigenvalue weighted by Gasteiger charge is -2.30. The van der Waals surface area contributed by atoms with E-state index in [0.717, 1.165) is 10.4 Å². The van der Waals surface area contributed by atoms with Crippen LogP contribution in [0.2, 0.25) is 5.02 Å². The zero-order chi connectivity index (χ0) is 15.0. The number of halogens is 2. The van der Waals surface area contributed by atoms with Crippen molar-refractivity contribution < 1.29 is 17.5 Å². The largest absolute Gasteiger partial charge is 0.489 e. The Morgan fingerprint density at radius 1 is 1.14 bits per heavy atom. The van der Waals surface area contributed by atoms with E-state index >= 15 is 0 Å². The Labute approximate surface area is 126 Å². The van der Waals surface area contributed by atoms with Crippen molar-refractivity contribution in [3.05, 3.63) is 53.3 Å². The maximum Gasteiger partial charge on any atom is 0.264 e. The first kappa shape index (κ1) is 14.2. The molecule has 0 aromatic heterocycles. The molecule has 0 bridgehead atoms. The van der Waals surface area contributed by atoms with Crippen LogP contribution in [-0.4, -0.2) is 21.6 Å². The van der Waals surface area contributed by atoms with Crippen LogP contribution in [-0.2, 0) is 10.0 Å². The summed E-state index contributed by atoms with van der Waals surface area (Å²) < 4.78 is 45.3. The van der Waals surface area contributed by atoms with Gasteiger partial charge in [-0.25, -0.2) is 12.8 Å².